The number of benzene rings is 10. The number of halogens is 3. The van der Waals surface area contributed by atoms with Crippen molar-refractivity contribution in [2.45, 2.75) is 68.5 Å². The van der Waals surface area contributed by atoms with Crippen LogP contribution < -0.4 is 0 Å². The van der Waals surface area contributed by atoms with Crippen molar-refractivity contribution < 1.29 is 13.2 Å². The number of nitriles is 1. The van der Waals surface area contributed by atoms with E-state index in [2.05, 4.69) is 216 Å². The summed E-state index contributed by atoms with van der Waals surface area (Å²) in [6.07, 6.45) is -4.59. The summed E-state index contributed by atoms with van der Waals surface area (Å²) in [6.45, 7) is 18.6. The molecule has 0 N–H and O–H groups in total. The van der Waals surface area contributed by atoms with E-state index in [0.717, 1.165) is 110 Å². The highest BCUT2D eigenvalue weighted by Crippen LogP contribution is 2.45. The number of hydrogen-bond donors (Lipinski definition) is 0. The van der Waals surface area contributed by atoms with E-state index in [1.807, 2.05) is 18.2 Å². The van der Waals surface area contributed by atoms with Gasteiger partial charge in [-0.1, -0.05) is 150 Å². The van der Waals surface area contributed by atoms with Gasteiger partial charge in [-0.05, 0) is 194 Å². The molecule has 10 aromatic carbocycles. The minimum Gasteiger partial charge on any atom is -0.308 e. The van der Waals surface area contributed by atoms with Gasteiger partial charge in [0.25, 0.3) is 0 Å². The molecule has 0 saturated heterocycles. The summed E-state index contributed by atoms with van der Waals surface area (Å²) in [5.41, 5.74) is 23.2. The highest BCUT2D eigenvalue weighted by atomic mass is 19.4. The van der Waals surface area contributed by atoms with Crippen molar-refractivity contribution in [1.82, 2.24) is 9.13 Å². The van der Waals surface area contributed by atoms with Gasteiger partial charge >= 0.3 is 6.18 Å². The van der Waals surface area contributed by atoms with Crippen LogP contribution in [0.2, 0.25) is 0 Å². The Kier molecular flexibility index (Phi) is 11.7. The molecule has 3 nitrogen and oxygen atoms in total. The maximum absolute atomic E-state index is 14.9. The Labute approximate surface area is 447 Å². The molecule has 77 heavy (non-hydrogen) atoms. The zero-order valence-corrected chi connectivity index (χ0v) is 44.7. The Balaban J connectivity index is 1.26. The van der Waals surface area contributed by atoms with E-state index >= 15 is 0 Å². The van der Waals surface area contributed by atoms with Gasteiger partial charge in [0.2, 0.25) is 0 Å². The second kappa shape index (κ2) is 18.4. The molecule has 2 heterocycles. The van der Waals surface area contributed by atoms with Crippen LogP contribution in [0, 0.1) is 73.6 Å². The van der Waals surface area contributed by atoms with Crippen molar-refractivity contribution in [2.75, 3.05) is 0 Å². The van der Waals surface area contributed by atoms with Gasteiger partial charge in [0, 0.05) is 21.5 Å². The van der Waals surface area contributed by atoms with Gasteiger partial charge in [-0.2, -0.15) is 18.4 Å². The first kappa shape index (κ1) is 49.0. The molecule has 12 rings (SSSR count). The van der Waals surface area contributed by atoms with Crippen LogP contribution in [0.5, 0.6) is 0 Å². The lowest BCUT2D eigenvalue weighted by atomic mass is 9.96. The lowest BCUT2D eigenvalue weighted by Crippen LogP contribution is -2.07. The molecule has 0 unspecified atom stereocenters. The third-order valence-electron chi connectivity index (χ3n) is 15.7. The number of alkyl halides is 3. The summed E-state index contributed by atoms with van der Waals surface area (Å²) in [5.74, 6) is 0. The second-order valence-corrected chi connectivity index (χ2v) is 21.5. The number of fused-ring (bicyclic) bond motifs is 6. The Morgan fingerprint density at radius 2 is 0.636 bits per heavy atom. The molecule has 376 valence electrons. The van der Waals surface area contributed by atoms with Crippen molar-refractivity contribution in [3.8, 4) is 73.1 Å². The summed E-state index contributed by atoms with van der Waals surface area (Å²) in [5, 5.41) is 16.0. The first-order chi connectivity index (χ1) is 36.9. The molecular formula is C71H56F3N3. The molecule has 12 aromatic rings. The van der Waals surface area contributed by atoms with E-state index in [0.29, 0.717) is 33.6 Å². The molecular weight excluding hydrogens is 952 g/mol. The Hall–Kier alpha value is -8.92. The molecule has 0 spiro atoms. The van der Waals surface area contributed by atoms with E-state index in [-0.39, 0.29) is 0 Å². The van der Waals surface area contributed by atoms with Crippen LogP contribution >= 0.6 is 0 Å². The van der Waals surface area contributed by atoms with Gasteiger partial charge in [-0.3, -0.25) is 0 Å². The molecule has 0 aliphatic rings. The van der Waals surface area contributed by atoms with Crippen molar-refractivity contribution in [3.05, 3.63) is 237 Å². The summed E-state index contributed by atoms with van der Waals surface area (Å²) < 4.78 is 49.2. The molecule has 0 aliphatic carbocycles. The van der Waals surface area contributed by atoms with E-state index in [1.54, 1.807) is 6.92 Å². The van der Waals surface area contributed by atoms with Crippen LogP contribution in [0.15, 0.2) is 176 Å². The third kappa shape index (κ3) is 8.48. The number of aromatic nitrogens is 2. The molecule has 0 radical (unpaired) electrons. The zero-order valence-electron chi connectivity index (χ0n) is 44.7. The van der Waals surface area contributed by atoms with Crippen molar-refractivity contribution >= 4 is 43.6 Å². The van der Waals surface area contributed by atoms with Gasteiger partial charge in [0.1, 0.15) is 11.6 Å². The Bertz CT molecular complexity index is 4030. The topological polar surface area (TPSA) is 33.6 Å². The van der Waals surface area contributed by atoms with E-state index < -0.39 is 11.7 Å². The number of rotatable bonds is 7. The molecule has 0 amide bonds. The average molecular weight is 1010 g/mol. The molecule has 2 aromatic heterocycles. The number of hydrogen-bond acceptors (Lipinski definition) is 1. The van der Waals surface area contributed by atoms with Crippen LogP contribution in [-0.4, -0.2) is 9.13 Å². The molecule has 0 saturated carbocycles. The van der Waals surface area contributed by atoms with Gasteiger partial charge in [0.15, 0.2) is 0 Å². The Morgan fingerprint density at radius 1 is 0.325 bits per heavy atom. The minimum absolute atomic E-state index is 0.373. The van der Waals surface area contributed by atoms with Crippen LogP contribution in [0.4, 0.5) is 13.2 Å². The zero-order chi connectivity index (χ0) is 53.8. The van der Waals surface area contributed by atoms with Crippen molar-refractivity contribution in [3.63, 3.8) is 0 Å². The van der Waals surface area contributed by atoms with E-state index in [4.69, 9.17) is 0 Å². The monoisotopic (exact) mass is 1010 g/mol. The Morgan fingerprint density at radius 3 is 0.922 bits per heavy atom. The average Bonchev–Trinajstić information content (AvgIpc) is 4.04. The molecule has 0 aliphatic heterocycles. The van der Waals surface area contributed by atoms with Gasteiger partial charge in [-0.25, -0.2) is 0 Å². The summed E-state index contributed by atoms with van der Waals surface area (Å²) in [7, 11) is 0. The first-order valence-corrected chi connectivity index (χ1v) is 26.2. The highest BCUT2D eigenvalue weighted by Gasteiger charge is 2.32. The lowest BCUT2D eigenvalue weighted by Gasteiger charge is -2.20. The molecule has 6 heteroatoms. The van der Waals surface area contributed by atoms with Crippen LogP contribution in [-0.2, 0) is 6.18 Å². The fourth-order valence-electron chi connectivity index (χ4n) is 12.1. The maximum atomic E-state index is 14.9. The number of aryl methyl sites for hydroxylation is 9. The summed E-state index contributed by atoms with van der Waals surface area (Å²) in [4.78, 5) is 0. The normalized spacial score (nSPS) is 11.9. The predicted molar refractivity (Wildman–Crippen MR) is 315 cm³/mol. The fraction of sp³-hybridized carbons (Fsp3) is 0.141. The second-order valence-electron chi connectivity index (χ2n) is 21.5. The van der Waals surface area contributed by atoms with Gasteiger partial charge in [-0.15, -0.1) is 0 Å². The van der Waals surface area contributed by atoms with Gasteiger partial charge < -0.3 is 9.13 Å². The van der Waals surface area contributed by atoms with Crippen molar-refractivity contribution in [2.24, 2.45) is 0 Å². The van der Waals surface area contributed by atoms with Crippen LogP contribution in [0.25, 0.3) is 111 Å². The van der Waals surface area contributed by atoms with Gasteiger partial charge in [0.05, 0.1) is 39.0 Å². The largest absolute Gasteiger partial charge is 0.416 e. The fourth-order valence-corrected chi connectivity index (χ4v) is 12.1. The minimum atomic E-state index is -4.59. The standard InChI is InChI=1S/C71H56F3N3/c1-40-10-18-56(45(6)26-40)49-14-22-60-61-23-15-50(57-19-11-41(2)27-46(57)7)34-66(61)76(65(60)33-49)69-37-54(53-30-44(5)31-55(32-53)71(72,73)74)38-70(64(69)39-75)77-67-35-51(58-20-12-42(3)28-47(58)8)16-24-62(67)63-25-17-52(36-68(63)77)59-21-13-43(4)29-48(59)9/h10-38H,1-9H3. The highest BCUT2D eigenvalue weighted by molar-refractivity contribution is 6.13. The SMILES string of the molecule is Cc1cc(-c2cc(-n3c4cc(-c5ccc(C)cc5C)ccc4c4ccc(-c5ccc(C)cc5C)cc43)c(C#N)c(-n3c4cc(-c5ccc(C)cc5C)ccc4c4ccc(-c5ccc(C)cc5C)cc43)c2)cc(C(F)(F)F)c1. The lowest BCUT2D eigenvalue weighted by molar-refractivity contribution is -0.137. The summed E-state index contributed by atoms with van der Waals surface area (Å²) >= 11 is 0. The molecule has 0 bridgehead atoms. The quantitative estimate of drug-likeness (QED) is 0.157. The van der Waals surface area contributed by atoms with E-state index in [9.17, 15) is 18.4 Å². The maximum Gasteiger partial charge on any atom is 0.416 e. The molecule has 0 fully saturated rings. The predicted octanol–water partition coefficient (Wildman–Crippen LogP) is 19.9. The summed E-state index contributed by atoms with van der Waals surface area (Å²) in [6, 6.07) is 62.9. The van der Waals surface area contributed by atoms with E-state index in [1.165, 1.54) is 34.4 Å². The first-order valence-electron chi connectivity index (χ1n) is 26.2. The smallest absolute Gasteiger partial charge is 0.308 e. The van der Waals surface area contributed by atoms with Crippen molar-refractivity contribution in [1.29, 1.82) is 5.26 Å². The van der Waals surface area contributed by atoms with Crippen LogP contribution in [0.3, 0.4) is 0 Å². The van der Waals surface area contributed by atoms with Crippen LogP contribution in [0.1, 0.15) is 61.2 Å². The third-order valence-corrected chi connectivity index (χ3v) is 15.7. The number of nitrogens with zero attached hydrogens (tertiary/aromatic N) is 3. The molecule has 0 atom stereocenters.